The minimum absolute atomic E-state index is 0.0357. The van der Waals surface area contributed by atoms with E-state index in [0.717, 1.165) is 0 Å². The first-order chi connectivity index (χ1) is 10.8. The van der Waals surface area contributed by atoms with Crippen LogP contribution in [-0.4, -0.2) is 36.4 Å². The van der Waals surface area contributed by atoms with Crippen molar-refractivity contribution in [2.75, 3.05) is 6.61 Å². The van der Waals surface area contributed by atoms with Crippen LogP contribution in [0, 0.1) is 0 Å². The van der Waals surface area contributed by atoms with E-state index in [9.17, 15) is 9.59 Å². The second-order valence-corrected chi connectivity index (χ2v) is 12.9. The van der Waals surface area contributed by atoms with Gasteiger partial charge in [-0.3, -0.25) is 14.3 Å². The Kier molecular flexibility index (Phi) is 4.98. The number of rotatable bonds is 4. The fourth-order valence-electron chi connectivity index (χ4n) is 2.27. The number of ether oxygens (including phenoxy) is 2. The molecule has 0 amide bonds. The van der Waals surface area contributed by atoms with Crippen LogP contribution >= 0.6 is 0 Å². The van der Waals surface area contributed by atoms with E-state index >= 15 is 0 Å². The fourth-order valence-corrected chi connectivity index (χ4v) is 3.50. The van der Waals surface area contributed by atoms with Gasteiger partial charge < -0.3 is 13.9 Å². The maximum Gasteiger partial charge on any atom is 0.330 e. The highest BCUT2D eigenvalue weighted by Crippen LogP contribution is 2.40. The zero-order valence-electron chi connectivity index (χ0n) is 15.5. The van der Waals surface area contributed by atoms with Gasteiger partial charge >= 0.3 is 5.69 Å². The topological polar surface area (TPSA) is 82.5 Å². The second kappa shape index (κ2) is 6.25. The van der Waals surface area contributed by atoms with Crippen LogP contribution in [0.5, 0.6) is 0 Å². The minimum atomic E-state index is -2.19. The van der Waals surface area contributed by atoms with Crippen molar-refractivity contribution < 1.29 is 13.9 Å². The van der Waals surface area contributed by atoms with E-state index < -0.39 is 37.7 Å². The van der Waals surface area contributed by atoms with Gasteiger partial charge in [0.2, 0.25) is 0 Å². The Balaban J connectivity index is 2.43. The predicted molar refractivity (Wildman–Crippen MR) is 93.5 cm³/mol. The molecular weight excluding hydrogens is 328 g/mol. The van der Waals surface area contributed by atoms with Crippen LogP contribution in [0.1, 0.15) is 40.8 Å². The fraction of sp³-hybridized carbons (Fsp3) is 0.750. The Morgan fingerprint density at radius 3 is 2.46 bits per heavy atom. The van der Waals surface area contributed by atoms with Gasteiger partial charge in [-0.2, -0.15) is 0 Å². The van der Waals surface area contributed by atoms with Crippen molar-refractivity contribution in [2.45, 2.75) is 70.9 Å². The van der Waals surface area contributed by atoms with E-state index in [2.05, 4.69) is 38.8 Å². The Morgan fingerprint density at radius 1 is 1.38 bits per heavy atom. The monoisotopic (exact) mass is 356 g/mol. The van der Waals surface area contributed by atoms with E-state index in [1.165, 1.54) is 16.8 Å². The number of nitrogens with zero attached hydrogens (tertiary/aromatic N) is 1. The third-order valence-corrected chi connectivity index (χ3v) is 9.14. The highest BCUT2D eigenvalue weighted by Gasteiger charge is 2.45. The van der Waals surface area contributed by atoms with Crippen molar-refractivity contribution in [3.05, 3.63) is 33.1 Å². The molecule has 1 aliphatic rings. The summed E-state index contributed by atoms with van der Waals surface area (Å²) in [5, 5.41) is -0.0357. The van der Waals surface area contributed by atoms with E-state index in [1.54, 1.807) is 0 Å². The minimum Gasteiger partial charge on any atom is -0.395 e. The van der Waals surface area contributed by atoms with Gasteiger partial charge in [-0.1, -0.05) is 20.8 Å². The lowest BCUT2D eigenvalue weighted by atomic mass is 10.2. The highest BCUT2D eigenvalue weighted by molar-refractivity contribution is 6.74. The number of hydrogen-bond acceptors (Lipinski definition) is 5. The van der Waals surface area contributed by atoms with Crippen molar-refractivity contribution in [2.24, 2.45) is 0 Å². The lowest BCUT2D eigenvalue weighted by molar-refractivity contribution is -0.157. The lowest BCUT2D eigenvalue weighted by Gasteiger charge is -2.40. The predicted octanol–water partition coefficient (Wildman–Crippen LogP) is 2.21. The van der Waals surface area contributed by atoms with E-state index in [-0.39, 0.29) is 5.04 Å². The van der Waals surface area contributed by atoms with Gasteiger partial charge in [0, 0.05) is 12.3 Å². The third-order valence-electron chi connectivity index (χ3n) is 4.70. The van der Waals surface area contributed by atoms with Gasteiger partial charge in [0.25, 0.3) is 5.56 Å². The van der Waals surface area contributed by atoms with Crippen LogP contribution in [0.2, 0.25) is 18.1 Å². The Labute approximate surface area is 143 Å². The van der Waals surface area contributed by atoms with Crippen molar-refractivity contribution in [3.8, 4) is 0 Å². The molecule has 0 unspecified atom stereocenters. The molecule has 2 rings (SSSR count). The number of nitrogens with one attached hydrogen (secondary N) is 1. The smallest absolute Gasteiger partial charge is 0.330 e. The average molecular weight is 356 g/mol. The summed E-state index contributed by atoms with van der Waals surface area (Å²) in [5.74, 6) is -0.731. The molecule has 1 N–H and O–H groups in total. The van der Waals surface area contributed by atoms with Crippen LogP contribution in [0.3, 0.4) is 0 Å². The number of hydrogen-bond donors (Lipinski definition) is 1. The normalized spacial score (nSPS) is 22.5. The van der Waals surface area contributed by atoms with Gasteiger partial charge in [-0.25, -0.2) is 4.79 Å². The van der Waals surface area contributed by atoms with Crippen molar-refractivity contribution in [3.63, 3.8) is 0 Å². The Morgan fingerprint density at radius 2 is 2.00 bits per heavy atom. The summed E-state index contributed by atoms with van der Waals surface area (Å²) < 4.78 is 19.4. The molecule has 2 heterocycles. The van der Waals surface area contributed by atoms with E-state index in [4.69, 9.17) is 13.9 Å². The Hall–Kier alpha value is -1.22. The van der Waals surface area contributed by atoms with E-state index in [1.807, 2.05) is 13.8 Å². The van der Waals surface area contributed by atoms with E-state index in [0.29, 0.717) is 6.61 Å². The van der Waals surface area contributed by atoms with Gasteiger partial charge in [-0.05, 0) is 32.0 Å². The molecule has 0 spiro atoms. The van der Waals surface area contributed by atoms with Gasteiger partial charge in [0.1, 0.15) is 6.10 Å². The van der Waals surface area contributed by atoms with Gasteiger partial charge in [0.05, 0.1) is 6.61 Å². The lowest BCUT2D eigenvalue weighted by Crippen LogP contribution is -2.48. The summed E-state index contributed by atoms with van der Waals surface area (Å²) in [5.41, 5.74) is -0.953. The number of aromatic amines is 1. The summed E-state index contributed by atoms with van der Waals surface area (Å²) in [7, 11) is -2.19. The SMILES string of the molecule is CC1(C)OC[C@H]([C@@H](O[Si](C)(C)C(C)(C)C)n2ccc(=O)[nH]c2=O)O1. The van der Waals surface area contributed by atoms with Crippen LogP contribution in [0.15, 0.2) is 21.9 Å². The summed E-state index contributed by atoms with van der Waals surface area (Å²) in [6.45, 7) is 14.6. The first-order valence-electron chi connectivity index (χ1n) is 8.13. The van der Waals surface area contributed by atoms with Gasteiger partial charge in [-0.15, -0.1) is 0 Å². The molecule has 2 atom stereocenters. The second-order valence-electron chi connectivity index (χ2n) is 8.15. The molecule has 0 bridgehead atoms. The summed E-state index contributed by atoms with van der Waals surface area (Å²) in [4.78, 5) is 25.9. The zero-order valence-corrected chi connectivity index (χ0v) is 16.5. The largest absolute Gasteiger partial charge is 0.395 e. The maximum absolute atomic E-state index is 12.3. The molecule has 0 aromatic carbocycles. The first kappa shape index (κ1) is 19.1. The van der Waals surface area contributed by atoms with Crippen molar-refractivity contribution in [1.82, 2.24) is 9.55 Å². The zero-order chi connectivity index (χ0) is 18.3. The number of aromatic nitrogens is 2. The molecule has 1 aliphatic heterocycles. The number of H-pyrrole nitrogens is 1. The molecular formula is C16H28N2O5Si. The molecule has 1 aromatic rings. The summed E-state index contributed by atoms with van der Waals surface area (Å²) >= 11 is 0. The van der Waals surface area contributed by atoms with Crippen molar-refractivity contribution >= 4 is 8.32 Å². The molecule has 0 saturated carbocycles. The molecule has 24 heavy (non-hydrogen) atoms. The highest BCUT2D eigenvalue weighted by atomic mass is 28.4. The van der Waals surface area contributed by atoms with Crippen molar-refractivity contribution in [1.29, 1.82) is 0 Å². The summed E-state index contributed by atoms with van der Waals surface area (Å²) in [6, 6.07) is 1.31. The third kappa shape index (κ3) is 4.05. The van der Waals surface area contributed by atoms with Crippen LogP contribution < -0.4 is 11.2 Å². The van der Waals surface area contributed by atoms with Crippen LogP contribution in [0.25, 0.3) is 0 Å². The molecule has 0 radical (unpaired) electrons. The molecule has 1 aromatic heterocycles. The van der Waals surface area contributed by atoms with Gasteiger partial charge in [0.15, 0.2) is 20.3 Å². The van der Waals surface area contributed by atoms with Crippen LogP contribution in [0.4, 0.5) is 0 Å². The first-order valence-corrected chi connectivity index (χ1v) is 11.0. The maximum atomic E-state index is 12.3. The molecule has 136 valence electrons. The Bertz CT molecular complexity index is 701. The molecule has 7 nitrogen and oxygen atoms in total. The molecule has 1 saturated heterocycles. The average Bonchev–Trinajstić information content (AvgIpc) is 2.75. The molecule has 1 fully saturated rings. The van der Waals surface area contributed by atoms with Crippen LogP contribution in [-0.2, 0) is 13.9 Å². The quantitative estimate of drug-likeness (QED) is 0.837. The molecule has 0 aliphatic carbocycles. The summed E-state index contributed by atoms with van der Waals surface area (Å²) in [6.07, 6.45) is 0.364. The standard InChI is InChI=1S/C16H28N2O5Si/c1-15(2,3)24(6,7)23-13(11-10-21-16(4,5)22-11)18-9-8-12(19)17-14(18)20/h8-9,11,13H,10H2,1-7H3,(H,17,19,20)/t11-,13-/m1/s1. The molecule has 8 heteroatoms.